The van der Waals surface area contributed by atoms with Crippen LogP contribution in [0.2, 0.25) is 0 Å². The predicted molar refractivity (Wildman–Crippen MR) is 87.1 cm³/mol. The molecule has 0 aliphatic rings. The molecule has 1 amide bonds. The second kappa shape index (κ2) is 5.88. The fourth-order valence-electron chi connectivity index (χ4n) is 1.89. The Morgan fingerprint density at radius 3 is 3.00 bits per heavy atom. The van der Waals surface area contributed by atoms with Crippen molar-refractivity contribution in [3.05, 3.63) is 39.8 Å². The number of hydrogen-bond donors (Lipinski definition) is 1. The summed E-state index contributed by atoms with van der Waals surface area (Å²) in [7, 11) is 3.95. The van der Waals surface area contributed by atoms with Gasteiger partial charge in [-0.1, -0.05) is 0 Å². The molecule has 7 heteroatoms. The normalized spacial score (nSPS) is 11.2. The van der Waals surface area contributed by atoms with Crippen molar-refractivity contribution in [3.63, 3.8) is 0 Å². The number of nitrogens with one attached hydrogen (secondary N) is 1. The van der Waals surface area contributed by atoms with Crippen LogP contribution in [-0.2, 0) is 6.54 Å². The number of anilines is 1. The van der Waals surface area contributed by atoms with Gasteiger partial charge in [0.05, 0.1) is 15.7 Å². The van der Waals surface area contributed by atoms with Gasteiger partial charge in [-0.15, -0.1) is 22.7 Å². The summed E-state index contributed by atoms with van der Waals surface area (Å²) >= 11 is 3.08. The molecule has 3 aromatic rings. The molecule has 2 aromatic heterocycles. The smallest absolute Gasteiger partial charge is 0.275 e. The maximum Gasteiger partial charge on any atom is 0.275 e. The van der Waals surface area contributed by atoms with E-state index in [2.05, 4.69) is 15.3 Å². The van der Waals surface area contributed by atoms with Crippen LogP contribution in [0.5, 0.6) is 0 Å². The molecule has 0 fully saturated rings. The fraction of sp³-hybridized carbons (Fsp3) is 0.214. The Morgan fingerprint density at radius 2 is 2.19 bits per heavy atom. The van der Waals surface area contributed by atoms with Crippen LogP contribution < -0.4 is 5.32 Å². The van der Waals surface area contributed by atoms with Crippen LogP contribution in [0.25, 0.3) is 10.2 Å². The van der Waals surface area contributed by atoms with E-state index in [1.54, 1.807) is 22.2 Å². The Balaban J connectivity index is 1.74. The van der Waals surface area contributed by atoms with Crippen molar-refractivity contribution < 1.29 is 4.79 Å². The average Bonchev–Trinajstić information content (AvgIpc) is 3.06. The van der Waals surface area contributed by atoms with Gasteiger partial charge in [-0.25, -0.2) is 9.97 Å². The minimum Gasteiger partial charge on any atom is -0.321 e. The number of rotatable bonds is 4. The van der Waals surface area contributed by atoms with E-state index in [4.69, 9.17) is 0 Å². The summed E-state index contributed by atoms with van der Waals surface area (Å²) in [4.78, 5) is 22.8. The first-order chi connectivity index (χ1) is 10.1. The Kier molecular flexibility index (Phi) is 3.96. The van der Waals surface area contributed by atoms with E-state index in [0.717, 1.165) is 27.5 Å². The molecule has 3 rings (SSSR count). The van der Waals surface area contributed by atoms with Gasteiger partial charge in [-0.05, 0) is 32.3 Å². The molecule has 0 radical (unpaired) electrons. The van der Waals surface area contributed by atoms with Crippen LogP contribution in [0.4, 0.5) is 5.69 Å². The van der Waals surface area contributed by atoms with Crippen LogP contribution in [0.1, 0.15) is 15.5 Å². The summed E-state index contributed by atoms with van der Waals surface area (Å²) in [5.74, 6) is -0.189. The molecule has 0 aliphatic heterocycles. The van der Waals surface area contributed by atoms with Crippen LogP contribution in [0, 0.1) is 0 Å². The molecular weight excluding hydrogens is 304 g/mol. The van der Waals surface area contributed by atoms with E-state index in [9.17, 15) is 4.79 Å². The molecule has 0 bridgehead atoms. The molecular formula is C14H14N4OS2. The molecule has 0 saturated heterocycles. The number of benzene rings is 1. The molecule has 0 atom stereocenters. The number of amides is 1. The maximum atomic E-state index is 12.2. The largest absolute Gasteiger partial charge is 0.321 e. The van der Waals surface area contributed by atoms with Crippen molar-refractivity contribution in [2.24, 2.45) is 0 Å². The van der Waals surface area contributed by atoms with Gasteiger partial charge in [-0.3, -0.25) is 4.79 Å². The first-order valence-electron chi connectivity index (χ1n) is 6.35. The van der Waals surface area contributed by atoms with Gasteiger partial charge in [0, 0.05) is 17.6 Å². The van der Waals surface area contributed by atoms with Crippen LogP contribution in [-0.4, -0.2) is 34.9 Å². The van der Waals surface area contributed by atoms with Crippen molar-refractivity contribution >= 4 is 44.5 Å². The zero-order valence-electron chi connectivity index (χ0n) is 11.7. The summed E-state index contributed by atoms with van der Waals surface area (Å²) in [5.41, 5.74) is 3.88. The van der Waals surface area contributed by atoms with Gasteiger partial charge in [0.1, 0.15) is 10.7 Å². The molecule has 1 N–H and O–H groups in total. The predicted octanol–water partition coefficient (Wildman–Crippen LogP) is 3.07. The van der Waals surface area contributed by atoms with Crippen molar-refractivity contribution in [3.8, 4) is 0 Å². The van der Waals surface area contributed by atoms with Gasteiger partial charge in [-0.2, -0.15) is 0 Å². The number of carbonyl (C=O) groups is 1. The summed E-state index contributed by atoms with van der Waals surface area (Å²) in [6.07, 6.45) is 0. The molecule has 1 aromatic carbocycles. The first-order valence-corrected chi connectivity index (χ1v) is 8.11. The summed E-state index contributed by atoms with van der Waals surface area (Å²) in [5, 5.41) is 5.58. The molecule has 21 heavy (non-hydrogen) atoms. The lowest BCUT2D eigenvalue weighted by Gasteiger charge is -2.05. The standard InChI is InChI=1S/C14H14N4OS2/c1-18(2)6-13-17-11(7-20-13)14(19)16-9-3-4-12-10(5-9)15-8-21-12/h3-5,7-8H,6H2,1-2H3,(H,16,19). The highest BCUT2D eigenvalue weighted by atomic mass is 32.1. The molecule has 2 heterocycles. The van der Waals surface area contributed by atoms with E-state index in [0.29, 0.717) is 5.69 Å². The second-order valence-corrected chi connectivity index (χ2v) is 6.68. The molecule has 0 spiro atoms. The summed E-state index contributed by atoms with van der Waals surface area (Å²) in [6.45, 7) is 0.739. The zero-order chi connectivity index (χ0) is 14.8. The number of carbonyl (C=O) groups excluding carboxylic acids is 1. The number of nitrogens with zero attached hydrogens (tertiary/aromatic N) is 3. The Bertz CT molecular complexity index is 778. The lowest BCUT2D eigenvalue weighted by atomic mass is 10.3. The third kappa shape index (κ3) is 3.26. The van der Waals surface area contributed by atoms with E-state index in [-0.39, 0.29) is 5.91 Å². The number of fused-ring (bicyclic) bond motifs is 1. The first kappa shape index (κ1) is 14.1. The highest BCUT2D eigenvalue weighted by Gasteiger charge is 2.12. The van der Waals surface area contributed by atoms with Crippen LogP contribution in [0.15, 0.2) is 29.1 Å². The average molecular weight is 318 g/mol. The van der Waals surface area contributed by atoms with Gasteiger partial charge < -0.3 is 10.2 Å². The highest BCUT2D eigenvalue weighted by Crippen LogP contribution is 2.22. The Hall–Kier alpha value is -1.83. The topological polar surface area (TPSA) is 58.1 Å². The van der Waals surface area contributed by atoms with Crippen molar-refractivity contribution in [2.75, 3.05) is 19.4 Å². The zero-order valence-corrected chi connectivity index (χ0v) is 13.3. The SMILES string of the molecule is CN(C)Cc1nc(C(=O)Nc2ccc3scnc3c2)cs1. The summed E-state index contributed by atoms with van der Waals surface area (Å²) in [6, 6.07) is 5.71. The molecule has 0 unspecified atom stereocenters. The third-order valence-corrected chi connectivity index (χ3v) is 4.47. The van der Waals surface area contributed by atoms with Gasteiger partial charge in [0.15, 0.2) is 0 Å². The van der Waals surface area contributed by atoms with E-state index >= 15 is 0 Å². The fourth-order valence-corrected chi connectivity index (χ4v) is 3.44. The third-order valence-electron chi connectivity index (χ3n) is 2.82. The number of hydrogen-bond acceptors (Lipinski definition) is 6. The highest BCUT2D eigenvalue weighted by molar-refractivity contribution is 7.16. The van der Waals surface area contributed by atoms with Crippen molar-refractivity contribution in [1.82, 2.24) is 14.9 Å². The number of thiazole rings is 2. The van der Waals surface area contributed by atoms with E-state index in [1.165, 1.54) is 11.3 Å². The molecule has 5 nitrogen and oxygen atoms in total. The van der Waals surface area contributed by atoms with Gasteiger partial charge in [0.25, 0.3) is 5.91 Å². The molecule has 0 saturated carbocycles. The minimum atomic E-state index is -0.189. The van der Waals surface area contributed by atoms with Crippen LogP contribution >= 0.6 is 22.7 Å². The number of aromatic nitrogens is 2. The van der Waals surface area contributed by atoms with Crippen molar-refractivity contribution in [1.29, 1.82) is 0 Å². The maximum absolute atomic E-state index is 12.2. The van der Waals surface area contributed by atoms with Crippen LogP contribution in [0.3, 0.4) is 0 Å². The van der Waals surface area contributed by atoms with E-state index in [1.807, 2.05) is 37.2 Å². The Morgan fingerprint density at radius 1 is 1.33 bits per heavy atom. The molecule has 108 valence electrons. The van der Waals surface area contributed by atoms with Gasteiger partial charge >= 0.3 is 0 Å². The molecule has 0 aliphatic carbocycles. The lowest BCUT2D eigenvalue weighted by molar-refractivity contribution is 0.102. The Labute approximate surface area is 130 Å². The monoisotopic (exact) mass is 318 g/mol. The second-order valence-electron chi connectivity index (χ2n) is 4.85. The van der Waals surface area contributed by atoms with Gasteiger partial charge in [0.2, 0.25) is 0 Å². The minimum absolute atomic E-state index is 0.189. The van der Waals surface area contributed by atoms with Crippen molar-refractivity contribution in [2.45, 2.75) is 6.54 Å². The summed E-state index contributed by atoms with van der Waals surface area (Å²) < 4.78 is 1.11. The quantitative estimate of drug-likeness (QED) is 0.803. The lowest BCUT2D eigenvalue weighted by Crippen LogP contribution is -2.14. The van der Waals surface area contributed by atoms with E-state index < -0.39 is 0 Å².